The van der Waals surface area contributed by atoms with E-state index in [-0.39, 0.29) is 12.4 Å². The van der Waals surface area contributed by atoms with E-state index >= 15 is 0 Å². The molecule has 2 aliphatic rings. The van der Waals surface area contributed by atoms with E-state index in [2.05, 4.69) is 23.1 Å². The quantitative estimate of drug-likeness (QED) is 0.945. The maximum absolute atomic E-state index is 6.21. The molecule has 2 aromatic rings. The molecule has 4 rings (SSSR count). The van der Waals surface area contributed by atoms with Crippen molar-refractivity contribution in [2.45, 2.75) is 25.4 Å². The van der Waals surface area contributed by atoms with Crippen LogP contribution in [0.15, 0.2) is 42.6 Å². The summed E-state index contributed by atoms with van der Waals surface area (Å²) in [7, 11) is 0. The van der Waals surface area contributed by atoms with Crippen molar-refractivity contribution in [1.82, 2.24) is 14.7 Å². The standard InChI is InChI=1S/C17H22N4.ClH/c18-17-7-6-13-10-20(12-16(13)17)11-14-8-9-21(19-14)15-4-2-1-3-5-15;/h1-5,8-9,13,16-17H,6-7,10-12,18H2;1H. The molecule has 2 fully saturated rings. The van der Waals surface area contributed by atoms with Gasteiger partial charge >= 0.3 is 0 Å². The molecule has 2 N–H and O–H groups in total. The fourth-order valence-corrected chi connectivity index (χ4v) is 3.93. The second kappa shape index (κ2) is 6.41. The number of likely N-dealkylation sites (tertiary alicyclic amines) is 1. The first-order valence-electron chi connectivity index (χ1n) is 7.87. The van der Waals surface area contributed by atoms with Crippen molar-refractivity contribution >= 4 is 12.4 Å². The second-order valence-corrected chi connectivity index (χ2v) is 6.45. The molecular weight excluding hydrogens is 296 g/mol. The molecule has 2 heterocycles. The minimum Gasteiger partial charge on any atom is -0.327 e. The predicted octanol–water partition coefficient (Wildman–Crippen LogP) is 2.46. The Balaban J connectivity index is 0.00000144. The van der Waals surface area contributed by atoms with E-state index in [1.807, 2.05) is 29.1 Å². The van der Waals surface area contributed by atoms with Gasteiger partial charge in [-0.1, -0.05) is 18.2 Å². The van der Waals surface area contributed by atoms with Crippen LogP contribution in [0.5, 0.6) is 0 Å². The predicted molar refractivity (Wildman–Crippen MR) is 90.3 cm³/mol. The molecule has 22 heavy (non-hydrogen) atoms. The number of nitrogens with two attached hydrogens (primary N) is 1. The minimum atomic E-state index is 0. The minimum absolute atomic E-state index is 0. The zero-order valence-corrected chi connectivity index (χ0v) is 13.5. The van der Waals surface area contributed by atoms with Crippen molar-refractivity contribution in [2.75, 3.05) is 13.1 Å². The molecule has 0 radical (unpaired) electrons. The summed E-state index contributed by atoms with van der Waals surface area (Å²) in [6, 6.07) is 12.8. The van der Waals surface area contributed by atoms with Gasteiger partial charge in [0.15, 0.2) is 0 Å². The van der Waals surface area contributed by atoms with E-state index in [4.69, 9.17) is 10.8 Å². The summed E-state index contributed by atoms with van der Waals surface area (Å²) in [6.07, 6.45) is 4.57. The summed E-state index contributed by atoms with van der Waals surface area (Å²) >= 11 is 0. The number of aromatic nitrogens is 2. The van der Waals surface area contributed by atoms with Crippen LogP contribution in [0.1, 0.15) is 18.5 Å². The van der Waals surface area contributed by atoms with E-state index in [0.29, 0.717) is 12.0 Å². The Morgan fingerprint density at radius 3 is 2.68 bits per heavy atom. The highest BCUT2D eigenvalue weighted by Gasteiger charge is 2.40. The van der Waals surface area contributed by atoms with Crippen LogP contribution >= 0.6 is 12.4 Å². The zero-order valence-electron chi connectivity index (χ0n) is 12.6. The Morgan fingerprint density at radius 1 is 1.09 bits per heavy atom. The van der Waals surface area contributed by atoms with Crippen molar-refractivity contribution in [1.29, 1.82) is 0 Å². The number of para-hydroxylation sites is 1. The van der Waals surface area contributed by atoms with E-state index in [0.717, 1.165) is 30.4 Å². The molecule has 3 atom stereocenters. The smallest absolute Gasteiger partial charge is 0.0769 e. The molecule has 0 spiro atoms. The van der Waals surface area contributed by atoms with Crippen LogP contribution in [-0.2, 0) is 6.54 Å². The molecule has 1 aliphatic carbocycles. The molecule has 1 saturated carbocycles. The molecule has 1 aromatic heterocycles. The number of fused-ring (bicyclic) bond motifs is 1. The van der Waals surface area contributed by atoms with Crippen LogP contribution < -0.4 is 5.73 Å². The summed E-state index contributed by atoms with van der Waals surface area (Å²) in [6.45, 7) is 3.28. The van der Waals surface area contributed by atoms with Gasteiger partial charge in [0, 0.05) is 31.9 Å². The van der Waals surface area contributed by atoms with E-state index in [9.17, 15) is 0 Å². The van der Waals surface area contributed by atoms with Crippen molar-refractivity contribution < 1.29 is 0 Å². The average Bonchev–Trinajstić information content (AvgIpc) is 3.19. The third-order valence-electron chi connectivity index (χ3n) is 5.04. The summed E-state index contributed by atoms with van der Waals surface area (Å²) in [4.78, 5) is 2.52. The Labute approximate surface area is 137 Å². The highest BCUT2D eigenvalue weighted by atomic mass is 35.5. The molecule has 1 aromatic carbocycles. The van der Waals surface area contributed by atoms with Crippen LogP contribution in [0.4, 0.5) is 0 Å². The first kappa shape index (κ1) is 15.5. The number of hydrogen-bond acceptors (Lipinski definition) is 3. The Hall–Kier alpha value is -1.36. The third-order valence-corrected chi connectivity index (χ3v) is 5.04. The van der Waals surface area contributed by atoms with E-state index in [1.54, 1.807) is 0 Å². The number of rotatable bonds is 3. The van der Waals surface area contributed by atoms with Crippen molar-refractivity contribution in [3.8, 4) is 5.69 Å². The van der Waals surface area contributed by atoms with Crippen LogP contribution in [-0.4, -0.2) is 33.8 Å². The Kier molecular flexibility index (Phi) is 4.52. The van der Waals surface area contributed by atoms with Crippen LogP contribution in [0.25, 0.3) is 5.69 Å². The van der Waals surface area contributed by atoms with Crippen LogP contribution in [0, 0.1) is 11.8 Å². The molecule has 4 nitrogen and oxygen atoms in total. The Bertz CT molecular complexity index is 612. The number of halogens is 1. The second-order valence-electron chi connectivity index (χ2n) is 6.45. The van der Waals surface area contributed by atoms with Crippen molar-refractivity contribution in [3.05, 3.63) is 48.3 Å². The van der Waals surface area contributed by atoms with Gasteiger partial charge in [-0.05, 0) is 42.9 Å². The van der Waals surface area contributed by atoms with Crippen molar-refractivity contribution in [3.63, 3.8) is 0 Å². The topological polar surface area (TPSA) is 47.1 Å². The molecule has 0 amide bonds. The monoisotopic (exact) mass is 318 g/mol. The molecule has 5 heteroatoms. The van der Waals surface area contributed by atoms with Gasteiger partial charge in [-0.2, -0.15) is 5.10 Å². The molecule has 0 bridgehead atoms. The molecule has 1 saturated heterocycles. The summed E-state index contributed by atoms with van der Waals surface area (Å²) < 4.78 is 1.96. The van der Waals surface area contributed by atoms with Gasteiger partial charge in [0.25, 0.3) is 0 Å². The summed E-state index contributed by atoms with van der Waals surface area (Å²) in [5.74, 6) is 1.53. The van der Waals surface area contributed by atoms with Gasteiger partial charge in [0.05, 0.1) is 11.4 Å². The fourth-order valence-electron chi connectivity index (χ4n) is 3.93. The number of hydrogen-bond donors (Lipinski definition) is 1. The lowest BCUT2D eigenvalue weighted by Gasteiger charge is -2.17. The van der Waals surface area contributed by atoms with Crippen LogP contribution in [0.3, 0.4) is 0 Å². The van der Waals surface area contributed by atoms with E-state index < -0.39 is 0 Å². The van der Waals surface area contributed by atoms with Gasteiger partial charge in [-0.25, -0.2) is 4.68 Å². The fraction of sp³-hybridized carbons (Fsp3) is 0.471. The number of nitrogens with zero attached hydrogens (tertiary/aromatic N) is 3. The molecule has 118 valence electrons. The lowest BCUT2D eigenvalue weighted by Crippen LogP contribution is -2.30. The van der Waals surface area contributed by atoms with Gasteiger partial charge in [0.1, 0.15) is 0 Å². The highest BCUT2D eigenvalue weighted by molar-refractivity contribution is 5.85. The van der Waals surface area contributed by atoms with Crippen LogP contribution in [0.2, 0.25) is 0 Å². The summed E-state index contributed by atoms with van der Waals surface area (Å²) in [5, 5.41) is 4.70. The zero-order chi connectivity index (χ0) is 14.2. The normalized spacial score (nSPS) is 27.6. The molecule has 3 unspecified atom stereocenters. The lowest BCUT2D eigenvalue weighted by molar-refractivity contribution is 0.294. The molecule has 1 aliphatic heterocycles. The molecular formula is C17H23ClN4. The van der Waals surface area contributed by atoms with Crippen molar-refractivity contribution in [2.24, 2.45) is 17.6 Å². The number of benzene rings is 1. The first-order valence-corrected chi connectivity index (χ1v) is 7.87. The SMILES string of the molecule is Cl.NC1CCC2CN(Cc3ccn(-c4ccccc4)n3)CC12. The van der Waals surface area contributed by atoms with Gasteiger partial charge in [-0.3, -0.25) is 4.90 Å². The lowest BCUT2D eigenvalue weighted by atomic mass is 9.98. The third kappa shape index (κ3) is 2.91. The van der Waals surface area contributed by atoms with Gasteiger partial charge in [0.2, 0.25) is 0 Å². The summed E-state index contributed by atoms with van der Waals surface area (Å²) in [5.41, 5.74) is 8.47. The average molecular weight is 319 g/mol. The van der Waals surface area contributed by atoms with E-state index in [1.165, 1.54) is 19.4 Å². The first-order chi connectivity index (χ1) is 10.3. The van der Waals surface area contributed by atoms with Gasteiger partial charge in [-0.15, -0.1) is 12.4 Å². The maximum Gasteiger partial charge on any atom is 0.0769 e. The Morgan fingerprint density at radius 2 is 1.91 bits per heavy atom. The maximum atomic E-state index is 6.21. The highest BCUT2D eigenvalue weighted by Crippen LogP contribution is 2.37. The van der Waals surface area contributed by atoms with Gasteiger partial charge < -0.3 is 5.73 Å². The largest absolute Gasteiger partial charge is 0.327 e.